The molecule has 1 aromatic heterocycles. The lowest BCUT2D eigenvalue weighted by Gasteiger charge is -2.06. The van der Waals surface area contributed by atoms with Crippen molar-refractivity contribution in [2.45, 2.75) is 13.5 Å². The molecule has 0 saturated heterocycles. The van der Waals surface area contributed by atoms with Crippen LogP contribution in [0, 0.1) is 6.92 Å². The second-order valence-corrected chi connectivity index (χ2v) is 4.44. The van der Waals surface area contributed by atoms with Gasteiger partial charge in [0.15, 0.2) is 0 Å². The maximum atomic E-state index is 11.3. The summed E-state index contributed by atoms with van der Waals surface area (Å²) in [5, 5.41) is 16.7. The van der Waals surface area contributed by atoms with E-state index in [4.69, 9.17) is 5.11 Å². The number of ether oxygens (including phenoxy) is 1. The highest BCUT2D eigenvalue weighted by Gasteiger charge is 2.09. The summed E-state index contributed by atoms with van der Waals surface area (Å²) in [4.78, 5) is 32.7. The van der Waals surface area contributed by atoms with Crippen molar-refractivity contribution in [1.29, 1.82) is 0 Å². The van der Waals surface area contributed by atoms with Crippen LogP contribution in [0.25, 0.3) is 0 Å². The van der Waals surface area contributed by atoms with Gasteiger partial charge in [-0.3, -0.25) is 10.1 Å². The first-order chi connectivity index (χ1) is 8.99. The molecule has 1 aromatic rings. The normalized spacial score (nSPS) is 9.95. The number of aryl methyl sites for hydroxylation is 1. The zero-order chi connectivity index (χ0) is 14.3. The van der Waals surface area contributed by atoms with Crippen molar-refractivity contribution in [2.24, 2.45) is 0 Å². The molecule has 19 heavy (non-hydrogen) atoms. The van der Waals surface area contributed by atoms with Crippen molar-refractivity contribution in [1.82, 2.24) is 10.6 Å². The molecule has 104 valence electrons. The molecule has 1 heterocycles. The topological polar surface area (TPSA) is 105 Å². The molecule has 0 atom stereocenters. The van der Waals surface area contributed by atoms with E-state index in [2.05, 4.69) is 10.1 Å². The molecule has 0 bridgehead atoms. The van der Waals surface area contributed by atoms with Gasteiger partial charge in [0.2, 0.25) is 0 Å². The summed E-state index contributed by atoms with van der Waals surface area (Å²) >= 11 is 1.53. The van der Waals surface area contributed by atoms with E-state index in [9.17, 15) is 14.4 Å². The highest BCUT2D eigenvalue weighted by molar-refractivity contribution is 7.08. The third-order valence-electron chi connectivity index (χ3n) is 2.11. The average Bonchev–Trinajstić information content (AvgIpc) is 2.71. The number of carboxylic acid groups (broad SMARTS) is 1. The van der Waals surface area contributed by atoms with Crippen LogP contribution in [-0.4, -0.2) is 36.2 Å². The number of hydrogen-bond donors (Lipinski definition) is 3. The van der Waals surface area contributed by atoms with Gasteiger partial charge in [-0.05, 0) is 28.8 Å². The molecule has 8 heteroatoms. The third-order valence-corrected chi connectivity index (χ3v) is 3.02. The van der Waals surface area contributed by atoms with E-state index in [1.54, 1.807) is 0 Å². The standard InChI is InChI=1S/C11H14N2O5S/c1-7-5-19-6-8(7)2-12-11(17)13-9(14)3-18-4-10(15)16/h5-6H,2-4H2,1H3,(H,15,16)(H2,12,13,14,17). The Morgan fingerprint density at radius 3 is 2.63 bits per heavy atom. The van der Waals surface area contributed by atoms with E-state index in [1.807, 2.05) is 23.0 Å². The first kappa shape index (κ1) is 15.1. The number of hydrogen-bond acceptors (Lipinski definition) is 5. The highest BCUT2D eigenvalue weighted by Crippen LogP contribution is 2.12. The molecule has 0 aliphatic rings. The van der Waals surface area contributed by atoms with Gasteiger partial charge in [0.05, 0.1) is 0 Å². The summed E-state index contributed by atoms with van der Waals surface area (Å²) in [6.45, 7) is 1.20. The number of carbonyl (C=O) groups is 3. The van der Waals surface area contributed by atoms with Gasteiger partial charge in [0, 0.05) is 6.54 Å². The summed E-state index contributed by atoms with van der Waals surface area (Å²) in [5.74, 6) is -1.87. The molecule has 7 nitrogen and oxygen atoms in total. The second kappa shape index (κ2) is 7.49. The Balaban J connectivity index is 2.22. The average molecular weight is 286 g/mol. The number of carbonyl (C=O) groups excluding carboxylic acids is 2. The van der Waals surface area contributed by atoms with Crippen LogP contribution in [0.3, 0.4) is 0 Å². The fourth-order valence-electron chi connectivity index (χ4n) is 1.18. The molecular formula is C11H14N2O5S. The lowest BCUT2D eigenvalue weighted by Crippen LogP contribution is -2.41. The monoisotopic (exact) mass is 286 g/mol. The molecule has 0 spiro atoms. The summed E-state index contributed by atoms with van der Waals surface area (Å²) in [5.41, 5.74) is 2.05. The van der Waals surface area contributed by atoms with Crippen LogP contribution < -0.4 is 10.6 Å². The van der Waals surface area contributed by atoms with Crippen LogP contribution in [0.2, 0.25) is 0 Å². The Labute approximate surface area is 113 Å². The molecule has 0 aliphatic carbocycles. The molecule has 0 aliphatic heterocycles. The molecule has 0 saturated carbocycles. The van der Waals surface area contributed by atoms with Crippen molar-refractivity contribution >= 4 is 29.2 Å². The molecule has 0 radical (unpaired) electrons. The molecule has 0 unspecified atom stereocenters. The van der Waals surface area contributed by atoms with Gasteiger partial charge in [-0.25, -0.2) is 9.59 Å². The highest BCUT2D eigenvalue weighted by atomic mass is 32.1. The summed E-state index contributed by atoms with van der Waals surface area (Å²) in [6, 6.07) is -0.644. The molecular weight excluding hydrogens is 272 g/mol. The quantitative estimate of drug-likeness (QED) is 0.705. The van der Waals surface area contributed by atoms with E-state index >= 15 is 0 Å². The molecule has 3 amide bonds. The van der Waals surface area contributed by atoms with Crippen LogP contribution in [-0.2, 0) is 20.9 Å². The second-order valence-electron chi connectivity index (χ2n) is 3.70. The zero-order valence-electron chi connectivity index (χ0n) is 10.3. The minimum absolute atomic E-state index is 0.324. The van der Waals surface area contributed by atoms with E-state index in [0.717, 1.165) is 11.1 Å². The number of urea groups is 1. The number of aliphatic carboxylic acids is 1. The number of rotatable bonds is 6. The van der Waals surface area contributed by atoms with E-state index in [0.29, 0.717) is 6.54 Å². The van der Waals surface area contributed by atoms with Crippen LogP contribution in [0.5, 0.6) is 0 Å². The Morgan fingerprint density at radius 1 is 1.32 bits per heavy atom. The zero-order valence-corrected chi connectivity index (χ0v) is 11.1. The Hall–Kier alpha value is -1.93. The van der Waals surface area contributed by atoms with E-state index in [-0.39, 0.29) is 0 Å². The molecule has 1 rings (SSSR count). The minimum atomic E-state index is -1.18. The third kappa shape index (κ3) is 5.98. The van der Waals surface area contributed by atoms with Gasteiger partial charge >= 0.3 is 12.0 Å². The Kier molecular flexibility index (Phi) is 5.97. The lowest BCUT2D eigenvalue weighted by molar-refractivity contribution is -0.143. The maximum Gasteiger partial charge on any atom is 0.329 e. The SMILES string of the molecule is Cc1cscc1CNC(=O)NC(=O)COCC(=O)O. The number of imide groups is 1. The van der Waals surface area contributed by atoms with Crippen molar-refractivity contribution < 1.29 is 24.2 Å². The fourth-order valence-corrected chi connectivity index (χ4v) is 2.04. The Bertz CT molecular complexity index is 471. The first-order valence-corrected chi connectivity index (χ1v) is 6.32. The smallest absolute Gasteiger partial charge is 0.329 e. The van der Waals surface area contributed by atoms with Gasteiger partial charge in [-0.2, -0.15) is 11.3 Å². The summed E-state index contributed by atoms with van der Waals surface area (Å²) < 4.78 is 4.54. The van der Waals surface area contributed by atoms with E-state index < -0.39 is 31.1 Å². The molecule has 0 aromatic carbocycles. The summed E-state index contributed by atoms with van der Waals surface area (Å²) in [6.07, 6.45) is 0. The fraction of sp³-hybridized carbons (Fsp3) is 0.364. The number of nitrogens with one attached hydrogen (secondary N) is 2. The van der Waals surface area contributed by atoms with Gasteiger partial charge in [0.25, 0.3) is 5.91 Å². The Morgan fingerprint density at radius 2 is 2.05 bits per heavy atom. The first-order valence-electron chi connectivity index (χ1n) is 5.38. The summed E-state index contributed by atoms with van der Waals surface area (Å²) in [7, 11) is 0. The van der Waals surface area contributed by atoms with Crippen molar-refractivity contribution in [3.05, 3.63) is 21.9 Å². The van der Waals surface area contributed by atoms with Crippen molar-refractivity contribution in [3.63, 3.8) is 0 Å². The van der Waals surface area contributed by atoms with Gasteiger partial charge in [0.1, 0.15) is 13.2 Å². The number of carboxylic acids is 1. The molecule has 0 fully saturated rings. The van der Waals surface area contributed by atoms with Gasteiger partial charge < -0.3 is 15.2 Å². The van der Waals surface area contributed by atoms with E-state index in [1.165, 1.54) is 11.3 Å². The maximum absolute atomic E-state index is 11.3. The van der Waals surface area contributed by atoms with Crippen molar-refractivity contribution in [2.75, 3.05) is 13.2 Å². The molecule has 3 N–H and O–H groups in total. The predicted octanol–water partition coefficient (Wildman–Crippen LogP) is 0.484. The predicted molar refractivity (Wildman–Crippen MR) is 67.9 cm³/mol. The largest absolute Gasteiger partial charge is 0.480 e. The van der Waals surface area contributed by atoms with Crippen LogP contribution in [0.15, 0.2) is 10.8 Å². The van der Waals surface area contributed by atoms with Gasteiger partial charge in [-0.15, -0.1) is 0 Å². The van der Waals surface area contributed by atoms with Crippen molar-refractivity contribution in [3.8, 4) is 0 Å². The van der Waals surface area contributed by atoms with Gasteiger partial charge in [-0.1, -0.05) is 0 Å². The minimum Gasteiger partial charge on any atom is -0.480 e. The van der Waals surface area contributed by atoms with Crippen LogP contribution >= 0.6 is 11.3 Å². The number of amides is 3. The van der Waals surface area contributed by atoms with Crippen LogP contribution in [0.4, 0.5) is 4.79 Å². The lowest BCUT2D eigenvalue weighted by atomic mass is 10.2. The number of thiophene rings is 1. The van der Waals surface area contributed by atoms with Crippen LogP contribution in [0.1, 0.15) is 11.1 Å².